The van der Waals surface area contributed by atoms with Gasteiger partial charge in [-0.15, -0.1) is 0 Å². The summed E-state index contributed by atoms with van der Waals surface area (Å²) in [7, 11) is 0. The summed E-state index contributed by atoms with van der Waals surface area (Å²) in [4.78, 5) is 28.2. The van der Waals surface area contributed by atoms with Crippen LogP contribution in [-0.4, -0.2) is 30.2 Å². The van der Waals surface area contributed by atoms with Crippen LogP contribution < -0.4 is 10.6 Å². The van der Waals surface area contributed by atoms with Gasteiger partial charge in [-0.05, 0) is 24.5 Å². The van der Waals surface area contributed by atoms with Crippen molar-refractivity contribution in [2.24, 2.45) is 4.99 Å². The molecule has 6 heteroatoms. The molecule has 0 saturated heterocycles. The molecule has 0 bridgehead atoms. The third-order valence-corrected chi connectivity index (χ3v) is 3.72. The van der Waals surface area contributed by atoms with Gasteiger partial charge in [-0.3, -0.25) is 9.59 Å². The summed E-state index contributed by atoms with van der Waals surface area (Å²) in [5, 5.41) is 6.28. The zero-order chi connectivity index (χ0) is 14.1. The van der Waals surface area contributed by atoms with E-state index in [0.717, 1.165) is 12.8 Å². The highest BCUT2D eigenvalue weighted by atomic mass is 35.5. The lowest BCUT2D eigenvalue weighted by atomic mass is 9.96. The molecule has 1 heterocycles. The van der Waals surface area contributed by atoms with Crippen LogP contribution in [0.2, 0.25) is 5.02 Å². The molecule has 1 aliphatic heterocycles. The van der Waals surface area contributed by atoms with Crippen molar-refractivity contribution < 1.29 is 9.59 Å². The molecule has 0 spiro atoms. The fourth-order valence-electron chi connectivity index (χ4n) is 2.15. The number of carbonyl (C=O) groups excluding carboxylic acids is 2. The van der Waals surface area contributed by atoms with E-state index < -0.39 is 11.8 Å². The number of halogens is 1. The highest BCUT2D eigenvalue weighted by Crippen LogP contribution is 2.27. The molecule has 1 unspecified atom stereocenters. The van der Waals surface area contributed by atoms with Crippen molar-refractivity contribution in [3.63, 3.8) is 0 Å². The Hall–Kier alpha value is -1.72. The number of rotatable bonds is 4. The minimum atomic E-state index is -0.951. The Labute approximate surface area is 121 Å². The number of hydrogen-bond donors (Lipinski definition) is 2. The van der Waals surface area contributed by atoms with Crippen LogP contribution in [0.1, 0.15) is 24.3 Å². The van der Waals surface area contributed by atoms with Crippen LogP contribution in [0, 0.1) is 0 Å². The molecule has 1 atom stereocenters. The minimum Gasteiger partial charge on any atom is -0.312 e. The van der Waals surface area contributed by atoms with Gasteiger partial charge >= 0.3 is 0 Å². The van der Waals surface area contributed by atoms with Crippen molar-refractivity contribution >= 4 is 29.3 Å². The molecule has 3 rings (SSSR count). The summed E-state index contributed by atoms with van der Waals surface area (Å²) in [6.07, 6.45) is 2.27. The molecule has 2 aliphatic rings. The number of aliphatic imine (C=N–C) groups is 1. The third kappa shape index (κ3) is 2.73. The van der Waals surface area contributed by atoms with Gasteiger partial charge in [0, 0.05) is 11.1 Å². The van der Waals surface area contributed by atoms with Crippen LogP contribution >= 0.6 is 11.6 Å². The molecule has 104 valence electrons. The van der Waals surface area contributed by atoms with E-state index in [1.54, 1.807) is 24.3 Å². The minimum absolute atomic E-state index is 0.370. The van der Waals surface area contributed by atoms with Crippen LogP contribution in [-0.2, 0) is 9.59 Å². The zero-order valence-corrected chi connectivity index (χ0v) is 11.5. The van der Waals surface area contributed by atoms with E-state index in [1.807, 2.05) is 0 Å². The van der Waals surface area contributed by atoms with Gasteiger partial charge in [0.2, 0.25) is 5.91 Å². The van der Waals surface area contributed by atoms with Crippen LogP contribution in [0.4, 0.5) is 0 Å². The number of nitrogens with zero attached hydrogens (tertiary/aromatic N) is 1. The Morgan fingerprint density at radius 2 is 2.05 bits per heavy atom. The molecule has 1 fully saturated rings. The number of nitrogens with one attached hydrogen (secondary N) is 2. The highest BCUT2D eigenvalue weighted by molar-refractivity contribution is 6.32. The smallest absolute Gasteiger partial charge is 0.264 e. The molecular formula is C14H14ClN3O2. The van der Waals surface area contributed by atoms with Crippen molar-refractivity contribution in [1.29, 1.82) is 0 Å². The Morgan fingerprint density at radius 1 is 1.30 bits per heavy atom. The Bertz CT molecular complexity index is 596. The van der Waals surface area contributed by atoms with Gasteiger partial charge in [0.1, 0.15) is 11.8 Å². The molecule has 1 aromatic carbocycles. The van der Waals surface area contributed by atoms with Gasteiger partial charge in [-0.2, -0.15) is 4.99 Å². The number of amides is 2. The SMILES string of the molecule is O=C1N=C(CNC2CC2)NC(=O)C1c1ccccc1Cl. The molecule has 5 nitrogen and oxygen atoms in total. The predicted octanol–water partition coefficient (Wildman–Crippen LogP) is 1.23. The average Bonchev–Trinajstić information content (AvgIpc) is 3.22. The topological polar surface area (TPSA) is 70.6 Å². The van der Waals surface area contributed by atoms with Gasteiger partial charge in [0.15, 0.2) is 0 Å². The first kappa shape index (κ1) is 13.3. The summed E-state index contributed by atoms with van der Waals surface area (Å²) < 4.78 is 0. The lowest BCUT2D eigenvalue weighted by molar-refractivity contribution is -0.129. The number of amidine groups is 1. The maximum absolute atomic E-state index is 12.1. The first-order valence-corrected chi connectivity index (χ1v) is 6.93. The van der Waals surface area contributed by atoms with Crippen LogP contribution in [0.3, 0.4) is 0 Å². The molecule has 0 radical (unpaired) electrons. The molecule has 2 N–H and O–H groups in total. The Kier molecular flexibility index (Phi) is 3.54. The average molecular weight is 292 g/mol. The standard InChI is InChI=1S/C14H14ClN3O2/c15-10-4-2-1-3-9(10)12-13(19)17-11(18-14(12)20)7-16-8-5-6-8/h1-4,8,12,16H,5-7H2,(H,17,18,19,20). The van der Waals surface area contributed by atoms with Gasteiger partial charge in [0.25, 0.3) is 5.91 Å². The van der Waals surface area contributed by atoms with Crippen LogP contribution in [0.25, 0.3) is 0 Å². The second kappa shape index (κ2) is 5.34. The highest BCUT2D eigenvalue weighted by Gasteiger charge is 2.34. The zero-order valence-electron chi connectivity index (χ0n) is 10.7. The normalized spacial score (nSPS) is 22.4. The predicted molar refractivity (Wildman–Crippen MR) is 75.8 cm³/mol. The molecular weight excluding hydrogens is 278 g/mol. The van der Waals surface area contributed by atoms with E-state index in [2.05, 4.69) is 15.6 Å². The molecule has 20 heavy (non-hydrogen) atoms. The van der Waals surface area contributed by atoms with E-state index in [0.29, 0.717) is 29.0 Å². The molecule has 2 amide bonds. The first-order chi connectivity index (χ1) is 9.65. The maximum Gasteiger partial charge on any atom is 0.264 e. The second-order valence-electron chi connectivity index (χ2n) is 5.00. The van der Waals surface area contributed by atoms with Gasteiger partial charge in [-0.25, -0.2) is 0 Å². The molecule has 0 aromatic heterocycles. The number of benzene rings is 1. The van der Waals surface area contributed by atoms with E-state index in [9.17, 15) is 9.59 Å². The molecule has 1 aromatic rings. The van der Waals surface area contributed by atoms with Crippen molar-refractivity contribution in [3.05, 3.63) is 34.9 Å². The first-order valence-electron chi connectivity index (χ1n) is 6.55. The van der Waals surface area contributed by atoms with E-state index in [-0.39, 0.29) is 5.91 Å². The summed E-state index contributed by atoms with van der Waals surface area (Å²) >= 11 is 6.04. The largest absolute Gasteiger partial charge is 0.312 e. The summed E-state index contributed by atoms with van der Waals surface area (Å²) in [6.45, 7) is 0.414. The van der Waals surface area contributed by atoms with Crippen molar-refractivity contribution in [1.82, 2.24) is 10.6 Å². The van der Waals surface area contributed by atoms with Crippen molar-refractivity contribution in [3.8, 4) is 0 Å². The lowest BCUT2D eigenvalue weighted by Gasteiger charge is -2.21. The van der Waals surface area contributed by atoms with Gasteiger partial charge < -0.3 is 10.6 Å². The van der Waals surface area contributed by atoms with Crippen LogP contribution in [0.15, 0.2) is 29.3 Å². The maximum atomic E-state index is 12.1. The van der Waals surface area contributed by atoms with E-state index in [4.69, 9.17) is 11.6 Å². The van der Waals surface area contributed by atoms with Gasteiger partial charge in [0.05, 0.1) is 6.54 Å². The van der Waals surface area contributed by atoms with Crippen LogP contribution in [0.5, 0.6) is 0 Å². The number of carbonyl (C=O) groups is 2. The van der Waals surface area contributed by atoms with E-state index >= 15 is 0 Å². The second-order valence-corrected chi connectivity index (χ2v) is 5.40. The summed E-state index contributed by atoms with van der Waals surface area (Å²) in [5.41, 5.74) is 0.495. The van der Waals surface area contributed by atoms with E-state index in [1.165, 1.54) is 0 Å². The fourth-order valence-corrected chi connectivity index (χ4v) is 2.39. The quantitative estimate of drug-likeness (QED) is 0.820. The Balaban J connectivity index is 1.79. The van der Waals surface area contributed by atoms with Gasteiger partial charge in [-0.1, -0.05) is 29.8 Å². The fraction of sp³-hybridized carbons (Fsp3) is 0.357. The number of hydrogen-bond acceptors (Lipinski definition) is 3. The van der Waals surface area contributed by atoms with Crippen molar-refractivity contribution in [2.75, 3.05) is 6.54 Å². The Morgan fingerprint density at radius 3 is 2.70 bits per heavy atom. The lowest BCUT2D eigenvalue weighted by Crippen LogP contribution is -2.46. The summed E-state index contributed by atoms with van der Waals surface area (Å²) in [6, 6.07) is 7.32. The van der Waals surface area contributed by atoms with Crippen molar-refractivity contribution in [2.45, 2.75) is 24.8 Å². The monoisotopic (exact) mass is 291 g/mol. The molecule has 1 aliphatic carbocycles. The third-order valence-electron chi connectivity index (χ3n) is 3.37. The summed E-state index contributed by atoms with van der Waals surface area (Å²) in [5.74, 6) is -1.40. The molecule has 1 saturated carbocycles.